The van der Waals surface area contributed by atoms with Crippen LogP contribution in [0.4, 0.5) is 8.78 Å². The maximum atomic E-state index is 12.3. The Labute approximate surface area is 149 Å². The molecular formula is C16H19F2NO6S. The highest BCUT2D eigenvalue weighted by molar-refractivity contribution is 7.91. The molecule has 0 radical (unpaired) electrons. The minimum atomic E-state index is -3.15. The number of likely N-dealkylation sites (N-methyl/N-ethyl adjacent to an activating group) is 1. The van der Waals surface area contributed by atoms with Crippen molar-refractivity contribution in [2.75, 3.05) is 18.6 Å². The maximum Gasteiger partial charge on any atom is 0.387 e. The molecule has 2 rings (SSSR count). The third-order valence-electron chi connectivity index (χ3n) is 4.05. The topological polar surface area (TPSA) is 90.0 Å². The number of carbonyl (C=O) groups is 2. The first-order chi connectivity index (χ1) is 12.1. The Morgan fingerprint density at radius 3 is 2.35 bits per heavy atom. The van der Waals surface area contributed by atoms with Crippen LogP contribution in [-0.2, 0) is 19.4 Å². The molecule has 7 nitrogen and oxygen atoms in total. The van der Waals surface area contributed by atoms with E-state index in [9.17, 15) is 26.8 Å². The van der Waals surface area contributed by atoms with E-state index in [0.717, 1.165) is 0 Å². The predicted molar refractivity (Wildman–Crippen MR) is 87.8 cm³/mol. The summed E-state index contributed by atoms with van der Waals surface area (Å²) in [5, 5.41) is 0. The fraction of sp³-hybridized carbons (Fsp3) is 0.500. The Hall–Kier alpha value is -2.23. The van der Waals surface area contributed by atoms with Gasteiger partial charge in [-0.2, -0.15) is 8.78 Å². The Balaban J connectivity index is 1.94. The zero-order valence-electron chi connectivity index (χ0n) is 14.2. The van der Waals surface area contributed by atoms with Crippen molar-refractivity contribution in [3.05, 3.63) is 29.8 Å². The van der Waals surface area contributed by atoms with Crippen LogP contribution < -0.4 is 4.74 Å². The lowest BCUT2D eigenvalue weighted by atomic mass is 10.2. The van der Waals surface area contributed by atoms with Crippen LogP contribution in [0, 0.1) is 0 Å². The lowest BCUT2D eigenvalue weighted by Crippen LogP contribution is -2.44. The summed E-state index contributed by atoms with van der Waals surface area (Å²) in [5.41, 5.74) is 0.0670. The Morgan fingerprint density at radius 1 is 1.23 bits per heavy atom. The van der Waals surface area contributed by atoms with E-state index in [1.807, 2.05) is 0 Å². The van der Waals surface area contributed by atoms with Crippen molar-refractivity contribution >= 4 is 21.7 Å². The van der Waals surface area contributed by atoms with Crippen LogP contribution in [0.15, 0.2) is 24.3 Å². The average Bonchev–Trinajstić information content (AvgIpc) is 2.93. The minimum Gasteiger partial charge on any atom is -0.449 e. The van der Waals surface area contributed by atoms with Crippen LogP contribution in [-0.4, -0.2) is 62.5 Å². The number of nitrogens with zero attached hydrogens (tertiary/aromatic N) is 1. The smallest absolute Gasteiger partial charge is 0.387 e. The molecule has 144 valence electrons. The highest BCUT2D eigenvalue weighted by Gasteiger charge is 2.35. The summed E-state index contributed by atoms with van der Waals surface area (Å²) in [6, 6.07) is 4.41. The van der Waals surface area contributed by atoms with Gasteiger partial charge in [-0.15, -0.1) is 0 Å². The molecule has 0 saturated carbocycles. The number of carbonyl (C=O) groups excluding carboxylic acids is 2. The van der Waals surface area contributed by atoms with E-state index >= 15 is 0 Å². The van der Waals surface area contributed by atoms with Crippen molar-refractivity contribution in [2.45, 2.75) is 32.1 Å². The molecule has 0 bridgehead atoms. The van der Waals surface area contributed by atoms with Gasteiger partial charge in [-0.25, -0.2) is 13.2 Å². The number of halogens is 2. The van der Waals surface area contributed by atoms with Crippen molar-refractivity contribution in [1.82, 2.24) is 4.90 Å². The normalized spacial score (nSPS) is 19.8. The van der Waals surface area contributed by atoms with Gasteiger partial charge in [-0.05, 0) is 37.6 Å². The second-order valence-corrected chi connectivity index (χ2v) is 8.19. The van der Waals surface area contributed by atoms with E-state index in [-0.39, 0.29) is 22.8 Å². The summed E-state index contributed by atoms with van der Waals surface area (Å²) < 4.78 is 56.5. The first-order valence-corrected chi connectivity index (χ1v) is 9.64. The zero-order valence-corrected chi connectivity index (χ0v) is 15.0. The molecular weight excluding hydrogens is 372 g/mol. The monoisotopic (exact) mass is 391 g/mol. The van der Waals surface area contributed by atoms with E-state index in [4.69, 9.17) is 4.74 Å². The highest BCUT2D eigenvalue weighted by atomic mass is 32.2. The second-order valence-electron chi connectivity index (χ2n) is 5.96. The van der Waals surface area contributed by atoms with Crippen LogP contribution >= 0.6 is 0 Å². The summed E-state index contributed by atoms with van der Waals surface area (Å²) in [5.74, 6) is -1.51. The molecule has 1 aromatic rings. The molecule has 26 heavy (non-hydrogen) atoms. The molecule has 1 amide bonds. The molecule has 0 aromatic heterocycles. The lowest BCUT2D eigenvalue weighted by Gasteiger charge is -2.26. The van der Waals surface area contributed by atoms with E-state index < -0.39 is 40.5 Å². The van der Waals surface area contributed by atoms with Gasteiger partial charge >= 0.3 is 12.6 Å². The number of alkyl halides is 2. The molecule has 1 aliphatic heterocycles. The molecule has 1 saturated heterocycles. The third kappa shape index (κ3) is 5.13. The number of sulfone groups is 1. The summed E-state index contributed by atoms with van der Waals surface area (Å²) in [4.78, 5) is 25.7. The molecule has 2 atom stereocenters. The SMILES string of the molecule is C[C@@H](OC(=O)c1ccc(OC(F)F)cc1)C(=O)N(C)[C@@H]1CCS(=O)(=O)C1. The predicted octanol–water partition coefficient (Wildman–Crippen LogP) is 1.48. The zero-order chi connectivity index (χ0) is 19.5. The molecule has 0 N–H and O–H groups in total. The summed E-state index contributed by atoms with van der Waals surface area (Å²) in [7, 11) is -1.68. The van der Waals surface area contributed by atoms with Crippen LogP contribution in [0.3, 0.4) is 0 Å². The summed E-state index contributed by atoms with van der Waals surface area (Å²) >= 11 is 0. The quantitative estimate of drug-likeness (QED) is 0.683. The van der Waals surface area contributed by atoms with Gasteiger partial charge in [0.25, 0.3) is 5.91 Å². The van der Waals surface area contributed by atoms with Crippen molar-refractivity contribution < 1.29 is 36.3 Å². The Morgan fingerprint density at radius 2 is 1.85 bits per heavy atom. The van der Waals surface area contributed by atoms with Crippen LogP contribution in [0.1, 0.15) is 23.7 Å². The third-order valence-corrected chi connectivity index (χ3v) is 5.80. The van der Waals surface area contributed by atoms with Crippen LogP contribution in [0.2, 0.25) is 0 Å². The van der Waals surface area contributed by atoms with Crippen LogP contribution in [0.25, 0.3) is 0 Å². The first kappa shape index (κ1) is 20.1. The molecule has 10 heteroatoms. The fourth-order valence-corrected chi connectivity index (χ4v) is 4.37. The van der Waals surface area contributed by atoms with Crippen LogP contribution in [0.5, 0.6) is 5.75 Å². The standard InChI is InChI=1S/C16H19F2NO6S/c1-10(14(20)19(2)12-7-8-26(22,23)9-12)24-15(21)11-3-5-13(6-4-11)25-16(17)18/h3-6,10,12,16H,7-9H2,1-2H3/t10-,12-/m1/s1. The van der Waals surface area contributed by atoms with Crippen molar-refractivity contribution in [2.24, 2.45) is 0 Å². The van der Waals surface area contributed by atoms with E-state index in [1.54, 1.807) is 0 Å². The van der Waals surface area contributed by atoms with Gasteiger partial charge in [0, 0.05) is 13.1 Å². The Kier molecular flexibility index (Phi) is 6.17. The number of benzene rings is 1. The highest BCUT2D eigenvalue weighted by Crippen LogP contribution is 2.19. The van der Waals surface area contributed by atoms with E-state index in [1.165, 1.54) is 43.1 Å². The maximum absolute atomic E-state index is 12.3. The largest absolute Gasteiger partial charge is 0.449 e. The van der Waals surface area contributed by atoms with E-state index in [2.05, 4.69) is 4.74 Å². The number of ether oxygens (including phenoxy) is 2. The summed E-state index contributed by atoms with van der Waals surface area (Å²) in [6.07, 6.45) is -0.774. The molecule has 1 aliphatic rings. The second kappa shape index (κ2) is 7.98. The van der Waals surface area contributed by atoms with Gasteiger partial charge in [0.2, 0.25) is 0 Å². The summed E-state index contributed by atoms with van der Waals surface area (Å²) in [6.45, 7) is -1.59. The van der Waals surface area contributed by atoms with Gasteiger partial charge in [-0.3, -0.25) is 4.79 Å². The van der Waals surface area contributed by atoms with Crippen molar-refractivity contribution in [3.8, 4) is 5.75 Å². The number of esters is 1. The number of amides is 1. The number of hydrogen-bond donors (Lipinski definition) is 0. The first-order valence-electron chi connectivity index (χ1n) is 7.82. The van der Waals surface area contributed by atoms with Gasteiger partial charge in [-0.1, -0.05) is 0 Å². The fourth-order valence-electron chi connectivity index (χ4n) is 2.60. The molecule has 1 fully saturated rings. The molecule has 0 spiro atoms. The van der Waals surface area contributed by atoms with Crippen molar-refractivity contribution in [3.63, 3.8) is 0 Å². The average molecular weight is 391 g/mol. The minimum absolute atomic E-state index is 0.0243. The number of rotatable bonds is 6. The molecule has 1 aromatic carbocycles. The van der Waals surface area contributed by atoms with Crippen molar-refractivity contribution in [1.29, 1.82) is 0 Å². The van der Waals surface area contributed by atoms with Gasteiger partial charge in [0.1, 0.15) is 5.75 Å². The van der Waals surface area contributed by atoms with Gasteiger partial charge < -0.3 is 14.4 Å². The van der Waals surface area contributed by atoms with Gasteiger partial charge in [0.05, 0.1) is 17.1 Å². The number of hydrogen-bond acceptors (Lipinski definition) is 6. The molecule has 1 heterocycles. The molecule has 0 unspecified atom stereocenters. The molecule has 0 aliphatic carbocycles. The van der Waals surface area contributed by atoms with E-state index in [0.29, 0.717) is 6.42 Å². The lowest BCUT2D eigenvalue weighted by molar-refractivity contribution is -0.140. The van der Waals surface area contributed by atoms with Gasteiger partial charge in [0.15, 0.2) is 15.9 Å². The Bertz CT molecular complexity index is 765.